The Morgan fingerprint density at radius 2 is 1.78 bits per heavy atom. The van der Waals surface area contributed by atoms with Crippen LogP contribution in [-0.4, -0.2) is 5.91 Å². The number of primary amides is 1. The molecule has 9 heavy (non-hydrogen) atoms. The summed E-state index contributed by atoms with van der Waals surface area (Å²) in [5, 5.41) is 15.8. The molecule has 0 aromatic carbocycles. The summed E-state index contributed by atoms with van der Waals surface area (Å²) in [5.41, 5.74) is 4.54. The molecule has 4 nitrogen and oxygen atoms in total. The van der Waals surface area contributed by atoms with Gasteiger partial charge < -0.3 is 10.5 Å². The van der Waals surface area contributed by atoms with Crippen LogP contribution in [0.15, 0.2) is 0 Å². The molecule has 0 radical (unpaired) electrons. The molecule has 0 heterocycles. The van der Waals surface area contributed by atoms with Gasteiger partial charge in [0.05, 0.1) is 0 Å². The first-order valence-corrected chi connectivity index (χ1v) is 1.69. The average molecular weight is 131 g/mol. The quantitative estimate of drug-likeness (QED) is 0.291. The van der Waals surface area contributed by atoms with Crippen molar-refractivity contribution in [2.75, 3.05) is 0 Å². The van der Waals surface area contributed by atoms with Crippen LogP contribution < -0.4 is 35.3 Å². The first kappa shape index (κ1) is 11.2. The van der Waals surface area contributed by atoms with E-state index < -0.39 is 11.8 Å². The number of carbonyl (C=O) groups excluding carboxylic acids is 1. The Kier molecular flexibility index (Phi) is 6.77. The maximum absolute atomic E-state index is 9.90. The molecule has 0 atom stereocenters. The molecular weight excluding hydrogens is 129 g/mol. The SMILES string of the molecule is N#C[C-](C#N)C(N)=O.[Na+]. The van der Waals surface area contributed by atoms with Gasteiger partial charge in [0.2, 0.25) is 0 Å². The summed E-state index contributed by atoms with van der Waals surface area (Å²) in [5.74, 6) is -1.54. The number of hydrogen-bond donors (Lipinski definition) is 1. The summed E-state index contributed by atoms with van der Waals surface area (Å²) in [6.07, 6.45) is 0. The Morgan fingerprint density at radius 3 is 1.78 bits per heavy atom. The Morgan fingerprint density at radius 1 is 1.44 bits per heavy atom. The van der Waals surface area contributed by atoms with Crippen molar-refractivity contribution in [3.05, 3.63) is 5.92 Å². The van der Waals surface area contributed by atoms with E-state index in [4.69, 9.17) is 10.5 Å². The minimum atomic E-state index is -0.977. The molecule has 0 aromatic rings. The van der Waals surface area contributed by atoms with Gasteiger partial charge in [0, 0.05) is 0 Å². The van der Waals surface area contributed by atoms with Crippen molar-refractivity contribution in [2.24, 2.45) is 5.73 Å². The van der Waals surface area contributed by atoms with Gasteiger partial charge in [-0.25, -0.2) is 10.5 Å². The first-order valence-electron chi connectivity index (χ1n) is 1.69. The van der Waals surface area contributed by atoms with Crippen molar-refractivity contribution in [3.63, 3.8) is 0 Å². The predicted molar refractivity (Wildman–Crippen MR) is 23.7 cm³/mol. The van der Waals surface area contributed by atoms with E-state index in [-0.39, 0.29) is 29.6 Å². The third kappa shape index (κ3) is 3.87. The van der Waals surface area contributed by atoms with Crippen LogP contribution in [0.1, 0.15) is 0 Å². The predicted octanol–water partition coefficient (Wildman–Crippen LogP) is -3.90. The van der Waals surface area contributed by atoms with Crippen LogP contribution in [-0.2, 0) is 4.79 Å². The molecule has 0 saturated carbocycles. The molecular formula is C4H2N3NaO. The molecule has 0 saturated heterocycles. The minimum absolute atomic E-state index is 0. The van der Waals surface area contributed by atoms with Crippen LogP contribution in [0.5, 0.6) is 0 Å². The second-order valence-electron chi connectivity index (χ2n) is 0.963. The fourth-order valence-electron chi connectivity index (χ4n) is 0.135. The standard InChI is InChI=1S/C4H2N3O.Na/c5-1-3(2-6)4(7)8;/h(H2,7,8);/q-1;+1. The molecule has 0 aliphatic heterocycles. The number of nitrogens with zero attached hydrogens (tertiary/aromatic N) is 2. The molecule has 5 heteroatoms. The van der Waals surface area contributed by atoms with E-state index in [0.29, 0.717) is 0 Å². The summed E-state index contributed by atoms with van der Waals surface area (Å²) in [7, 11) is 0. The van der Waals surface area contributed by atoms with Gasteiger partial charge in [-0.05, 0) is 0 Å². The fourth-order valence-corrected chi connectivity index (χ4v) is 0.135. The number of hydrogen-bond acceptors (Lipinski definition) is 3. The largest absolute Gasteiger partial charge is 1.00 e. The monoisotopic (exact) mass is 131 g/mol. The van der Waals surface area contributed by atoms with Gasteiger partial charge in [0.15, 0.2) is 0 Å². The number of rotatable bonds is 1. The summed E-state index contributed by atoms with van der Waals surface area (Å²) in [6.45, 7) is 0. The Labute approximate surface area is 74.5 Å². The Bertz CT molecular complexity index is 163. The number of carbonyl (C=O) groups is 1. The molecule has 0 spiro atoms. The van der Waals surface area contributed by atoms with E-state index in [1.807, 2.05) is 0 Å². The molecule has 0 rings (SSSR count). The molecule has 40 valence electrons. The molecule has 0 bridgehead atoms. The maximum Gasteiger partial charge on any atom is 1.00 e. The van der Waals surface area contributed by atoms with Crippen LogP contribution in [0, 0.1) is 28.6 Å². The van der Waals surface area contributed by atoms with E-state index in [2.05, 4.69) is 5.73 Å². The summed E-state index contributed by atoms with van der Waals surface area (Å²) in [6, 6.07) is 2.66. The molecule has 0 aliphatic carbocycles. The van der Waals surface area contributed by atoms with Crippen molar-refractivity contribution in [2.45, 2.75) is 0 Å². The number of nitriles is 2. The van der Waals surface area contributed by atoms with Crippen LogP contribution in [0.3, 0.4) is 0 Å². The van der Waals surface area contributed by atoms with Gasteiger partial charge in [-0.3, -0.25) is 0 Å². The van der Waals surface area contributed by atoms with Gasteiger partial charge in [-0.2, -0.15) is 0 Å². The van der Waals surface area contributed by atoms with Gasteiger partial charge in [-0.1, -0.05) is 18.1 Å². The van der Waals surface area contributed by atoms with Crippen molar-refractivity contribution in [1.82, 2.24) is 0 Å². The average Bonchev–Trinajstić information content (AvgIpc) is 1.69. The first-order chi connectivity index (χ1) is 3.72. The van der Waals surface area contributed by atoms with E-state index in [1.165, 1.54) is 12.1 Å². The number of amides is 1. The molecule has 0 aliphatic rings. The normalized spacial score (nSPS) is 5.56. The molecule has 0 fully saturated rings. The van der Waals surface area contributed by atoms with Crippen LogP contribution in [0.4, 0.5) is 0 Å². The van der Waals surface area contributed by atoms with Gasteiger partial charge >= 0.3 is 29.6 Å². The van der Waals surface area contributed by atoms with E-state index in [0.717, 1.165) is 0 Å². The van der Waals surface area contributed by atoms with Gasteiger partial charge in [0.25, 0.3) is 0 Å². The third-order valence-electron chi connectivity index (χ3n) is 0.470. The maximum atomic E-state index is 9.90. The van der Waals surface area contributed by atoms with Gasteiger partial charge in [0.1, 0.15) is 5.91 Å². The zero-order valence-corrected chi connectivity index (χ0v) is 6.88. The van der Waals surface area contributed by atoms with Crippen molar-refractivity contribution < 1.29 is 34.4 Å². The topological polar surface area (TPSA) is 90.7 Å². The summed E-state index contributed by atoms with van der Waals surface area (Å²) >= 11 is 0. The Hall–Kier alpha value is -0.680. The third-order valence-corrected chi connectivity index (χ3v) is 0.470. The minimum Gasteiger partial charge on any atom is -0.393 e. The molecule has 0 aromatic heterocycles. The molecule has 0 unspecified atom stereocenters. The van der Waals surface area contributed by atoms with Crippen LogP contribution in [0.2, 0.25) is 0 Å². The van der Waals surface area contributed by atoms with Crippen LogP contribution >= 0.6 is 0 Å². The molecule has 2 N–H and O–H groups in total. The van der Waals surface area contributed by atoms with Gasteiger partial charge in [-0.15, -0.1) is 0 Å². The second-order valence-corrected chi connectivity index (χ2v) is 0.963. The van der Waals surface area contributed by atoms with Crippen LogP contribution in [0.25, 0.3) is 0 Å². The zero-order chi connectivity index (χ0) is 6.57. The Balaban J connectivity index is 0. The smallest absolute Gasteiger partial charge is 0.393 e. The zero-order valence-electron chi connectivity index (χ0n) is 4.88. The molecule has 1 amide bonds. The van der Waals surface area contributed by atoms with Crippen molar-refractivity contribution >= 4 is 5.91 Å². The summed E-state index contributed by atoms with van der Waals surface area (Å²) < 4.78 is 0. The van der Waals surface area contributed by atoms with Crippen molar-refractivity contribution in [1.29, 1.82) is 10.5 Å². The second kappa shape index (κ2) is 5.46. The number of nitrogens with two attached hydrogens (primary N) is 1. The van der Waals surface area contributed by atoms with E-state index in [9.17, 15) is 4.79 Å². The van der Waals surface area contributed by atoms with E-state index in [1.54, 1.807) is 0 Å². The fraction of sp³-hybridized carbons (Fsp3) is 0. The van der Waals surface area contributed by atoms with Crippen molar-refractivity contribution in [3.8, 4) is 12.1 Å². The summed E-state index contributed by atoms with van der Waals surface area (Å²) in [4.78, 5) is 9.90. The van der Waals surface area contributed by atoms with E-state index >= 15 is 0 Å².